The van der Waals surface area contributed by atoms with Crippen LogP contribution in [0.1, 0.15) is 0 Å². The van der Waals surface area contributed by atoms with Crippen LogP contribution in [0.5, 0.6) is 0 Å². The number of benzene rings is 1. The number of aromatic nitrogens is 3. The van der Waals surface area contributed by atoms with E-state index in [1.165, 1.54) is 0 Å². The van der Waals surface area contributed by atoms with E-state index < -0.39 is 0 Å². The van der Waals surface area contributed by atoms with Gasteiger partial charge in [-0.2, -0.15) is 0 Å². The number of hydrogen-bond donors (Lipinski definition) is 0. The zero-order valence-electron chi connectivity index (χ0n) is 8.64. The zero-order chi connectivity index (χ0) is 11.8. The molecular weight excluding hydrogens is 302 g/mol. The van der Waals surface area contributed by atoms with E-state index in [-0.39, 0.29) is 0 Å². The molecule has 3 nitrogen and oxygen atoms in total. The third-order valence-corrected chi connectivity index (χ3v) is 3.19. The highest BCUT2D eigenvalue weighted by molar-refractivity contribution is 9.10. The second-order valence-corrected chi connectivity index (χ2v) is 4.96. The van der Waals surface area contributed by atoms with Crippen LogP contribution >= 0.6 is 27.5 Å². The Morgan fingerprint density at radius 1 is 1.00 bits per heavy atom. The minimum absolute atomic E-state index is 0.712. The fraction of sp³-hybridized carbons (Fsp3) is 0. The predicted octanol–water partition coefficient (Wildman–Crippen LogP) is 3.81. The Morgan fingerprint density at radius 3 is 2.53 bits per heavy atom. The van der Waals surface area contributed by atoms with Crippen LogP contribution in [-0.2, 0) is 0 Å². The van der Waals surface area contributed by atoms with E-state index in [1.54, 1.807) is 0 Å². The first-order valence-corrected chi connectivity index (χ1v) is 6.17. The van der Waals surface area contributed by atoms with Crippen LogP contribution < -0.4 is 0 Å². The summed E-state index contributed by atoms with van der Waals surface area (Å²) in [7, 11) is 0. The van der Waals surface area contributed by atoms with Crippen molar-refractivity contribution in [2.45, 2.75) is 0 Å². The lowest BCUT2D eigenvalue weighted by molar-refractivity contribution is 1.11. The van der Waals surface area contributed by atoms with E-state index in [4.69, 9.17) is 11.6 Å². The van der Waals surface area contributed by atoms with Gasteiger partial charge in [-0.15, -0.1) is 10.2 Å². The van der Waals surface area contributed by atoms with E-state index in [2.05, 4.69) is 26.1 Å². The van der Waals surface area contributed by atoms with E-state index >= 15 is 0 Å². The van der Waals surface area contributed by atoms with Crippen LogP contribution in [0.2, 0.25) is 5.02 Å². The SMILES string of the molecule is Clc1ccc(-c2nnc3ccc(Br)cn23)cc1. The number of nitrogens with zero attached hydrogens (tertiary/aromatic N) is 3. The van der Waals surface area contributed by atoms with E-state index in [1.807, 2.05) is 47.0 Å². The molecule has 0 aliphatic rings. The normalized spacial score (nSPS) is 10.9. The van der Waals surface area contributed by atoms with Gasteiger partial charge in [-0.1, -0.05) is 11.6 Å². The van der Waals surface area contributed by atoms with Crippen molar-refractivity contribution in [3.05, 3.63) is 52.1 Å². The Kier molecular flexibility index (Phi) is 2.61. The molecule has 0 saturated heterocycles. The largest absolute Gasteiger partial charge is 0.281 e. The van der Waals surface area contributed by atoms with Gasteiger partial charge >= 0.3 is 0 Å². The molecule has 0 unspecified atom stereocenters. The summed E-state index contributed by atoms with van der Waals surface area (Å²) < 4.78 is 2.92. The first kappa shape index (κ1) is 10.7. The van der Waals surface area contributed by atoms with Gasteiger partial charge in [0.1, 0.15) is 0 Å². The summed E-state index contributed by atoms with van der Waals surface area (Å²) in [6.07, 6.45) is 1.94. The molecule has 5 heteroatoms. The second kappa shape index (κ2) is 4.13. The van der Waals surface area contributed by atoms with Crippen LogP contribution in [0.3, 0.4) is 0 Å². The Labute approximate surface area is 111 Å². The van der Waals surface area contributed by atoms with Crippen molar-refractivity contribution in [2.24, 2.45) is 0 Å². The molecule has 2 heterocycles. The molecule has 0 saturated carbocycles. The molecule has 84 valence electrons. The van der Waals surface area contributed by atoms with Crippen LogP contribution in [0, 0.1) is 0 Å². The third kappa shape index (κ3) is 1.94. The molecule has 3 aromatic rings. The van der Waals surface area contributed by atoms with Gasteiger partial charge in [0.15, 0.2) is 11.5 Å². The maximum absolute atomic E-state index is 5.87. The topological polar surface area (TPSA) is 30.2 Å². The Hall–Kier alpha value is -1.39. The van der Waals surface area contributed by atoms with Gasteiger partial charge in [0.25, 0.3) is 0 Å². The quantitative estimate of drug-likeness (QED) is 0.684. The van der Waals surface area contributed by atoms with E-state index in [0.717, 1.165) is 21.5 Å². The highest BCUT2D eigenvalue weighted by Gasteiger charge is 2.07. The minimum Gasteiger partial charge on any atom is -0.281 e. The molecule has 1 aromatic carbocycles. The van der Waals surface area contributed by atoms with Crippen molar-refractivity contribution in [3.63, 3.8) is 0 Å². The molecule has 0 aliphatic carbocycles. The molecule has 0 aliphatic heterocycles. The first-order chi connectivity index (χ1) is 8.24. The van der Waals surface area contributed by atoms with Gasteiger partial charge in [-0.05, 0) is 52.3 Å². The summed E-state index contributed by atoms with van der Waals surface area (Å²) in [5.41, 5.74) is 1.80. The summed E-state index contributed by atoms with van der Waals surface area (Å²) in [5, 5.41) is 9.01. The van der Waals surface area contributed by atoms with Crippen molar-refractivity contribution in [1.82, 2.24) is 14.6 Å². The lowest BCUT2D eigenvalue weighted by atomic mass is 10.2. The summed E-state index contributed by atoms with van der Waals surface area (Å²) in [6, 6.07) is 11.4. The highest BCUT2D eigenvalue weighted by atomic mass is 79.9. The zero-order valence-corrected chi connectivity index (χ0v) is 11.0. The van der Waals surface area contributed by atoms with Gasteiger partial charge in [0, 0.05) is 21.3 Å². The molecule has 3 rings (SSSR count). The maximum atomic E-state index is 5.87. The number of halogens is 2. The summed E-state index contributed by atoms with van der Waals surface area (Å²) >= 11 is 9.30. The number of fused-ring (bicyclic) bond motifs is 1. The smallest absolute Gasteiger partial charge is 0.168 e. The molecule has 0 amide bonds. The van der Waals surface area contributed by atoms with Gasteiger partial charge in [0.2, 0.25) is 0 Å². The van der Waals surface area contributed by atoms with Crippen molar-refractivity contribution in [2.75, 3.05) is 0 Å². The van der Waals surface area contributed by atoms with Crippen molar-refractivity contribution >= 4 is 33.2 Å². The van der Waals surface area contributed by atoms with Crippen molar-refractivity contribution in [1.29, 1.82) is 0 Å². The summed E-state index contributed by atoms with van der Waals surface area (Å²) in [4.78, 5) is 0. The highest BCUT2D eigenvalue weighted by Crippen LogP contribution is 2.22. The standard InChI is InChI=1S/C12H7BrClN3/c13-9-3-6-11-15-16-12(17(11)7-9)8-1-4-10(14)5-2-8/h1-7H. The van der Waals surface area contributed by atoms with Gasteiger partial charge in [-0.25, -0.2) is 0 Å². The lowest BCUT2D eigenvalue weighted by Crippen LogP contribution is -1.88. The van der Waals surface area contributed by atoms with Crippen LogP contribution in [0.4, 0.5) is 0 Å². The fourth-order valence-corrected chi connectivity index (χ4v) is 2.12. The number of hydrogen-bond acceptors (Lipinski definition) is 2. The van der Waals surface area contributed by atoms with E-state index in [9.17, 15) is 0 Å². The van der Waals surface area contributed by atoms with Gasteiger partial charge < -0.3 is 0 Å². The molecular formula is C12H7BrClN3. The molecule has 0 spiro atoms. The average Bonchev–Trinajstić information content (AvgIpc) is 2.73. The van der Waals surface area contributed by atoms with Gasteiger partial charge in [0.05, 0.1) is 0 Å². The van der Waals surface area contributed by atoms with Gasteiger partial charge in [-0.3, -0.25) is 4.40 Å². The Balaban J connectivity index is 2.23. The van der Waals surface area contributed by atoms with Crippen LogP contribution in [0.15, 0.2) is 47.1 Å². The molecule has 2 aromatic heterocycles. The minimum atomic E-state index is 0.712. The maximum Gasteiger partial charge on any atom is 0.168 e. The third-order valence-electron chi connectivity index (χ3n) is 2.47. The van der Waals surface area contributed by atoms with Crippen molar-refractivity contribution < 1.29 is 0 Å². The van der Waals surface area contributed by atoms with Crippen LogP contribution in [-0.4, -0.2) is 14.6 Å². The fourth-order valence-electron chi connectivity index (χ4n) is 1.66. The Morgan fingerprint density at radius 2 is 1.76 bits per heavy atom. The Bertz CT molecular complexity index is 676. The number of rotatable bonds is 1. The summed E-state index contributed by atoms with van der Waals surface area (Å²) in [6.45, 7) is 0. The molecule has 0 atom stereocenters. The monoisotopic (exact) mass is 307 g/mol. The number of pyridine rings is 1. The molecule has 17 heavy (non-hydrogen) atoms. The summed E-state index contributed by atoms with van der Waals surface area (Å²) in [5.74, 6) is 0.804. The molecule has 0 bridgehead atoms. The lowest BCUT2D eigenvalue weighted by Gasteiger charge is -2.00. The first-order valence-electron chi connectivity index (χ1n) is 5.00. The van der Waals surface area contributed by atoms with Crippen LogP contribution in [0.25, 0.3) is 17.0 Å². The second-order valence-electron chi connectivity index (χ2n) is 3.61. The predicted molar refractivity (Wildman–Crippen MR) is 71.1 cm³/mol. The van der Waals surface area contributed by atoms with Crippen molar-refractivity contribution in [3.8, 4) is 11.4 Å². The molecule has 0 N–H and O–H groups in total. The molecule has 0 fully saturated rings. The molecule has 0 radical (unpaired) electrons. The van der Waals surface area contributed by atoms with E-state index in [0.29, 0.717) is 5.02 Å². The average molecular weight is 309 g/mol.